The molecule has 0 spiro atoms. The van der Waals surface area contributed by atoms with Gasteiger partial charge in [-0.05, 0) is 12.1 Å². The van der Waals surface area contributed by atoms with Crippen LogP contribution in [0.3, 0.4) is 0 Å². The Hall–Kier alpha value is -1.77. The standard InChI is InChI=1S/C10H9NO2/c1-12-10-7-11-6-8-4-2-3-5-9(8)13-10/h2-7H,1H3. The SMILES string of the molecule is COC1=CN=Cc2ccccc2O1. The molecule has 1 heterocycles. The van der Waals surface area contributed by atoms with Crippen LogP contribution in [0, 0.1) is 0 Å². The van der Waals surface area contributed by atoms with Crippen molar-refractivity contribution in [3.8, 4) is 5.75 Å². The number of aliphatic imine (C=N–C) groups is 1. The van der Waals surface area contributed by atoms with Crippen molar-refractivity contribution in [2.24, 2.45) is 4.99 Å². The Morgan fingerprint density at radius 3 is 3.00 bits per heavy atom. The summed E-state index contributed by atoms with van der Waals surface area (Å²) in [6, 6.07) is 7.65. The first-order valence-electron chi connectivity index (χ1n) is 3.94. The average Bonchev–Trinajstić information content (AvgIpc) is 2.38. The highest BCUT2D eigenvalue weighted by atomic mass is 16.7. The summed E-state index contributed by atoms with van der Waals surface area (Å²) in [6.07, 6.45) is 3.28. The molecular formula is C10H9NO2. The van der Waals surface area contributed by atoms with Gasteiger partial charge in [-0.1, -0.05) is 12.1 Å². The Balaban J connectivity index is 2.40. The summed E-state index contributed by atoms with van der Waals surface area (Å²) >= 11 is 0. The number of rotatable bonds is 1. The largest absolute Gasteiger partial charge is 0.467 e. The molecule has 0 aliphatic carbocycles. The second kappa shape index (κ2) is 3.31. The summed E-state index contributed by atoms with van der Waals surface area (Å²) in [5.74, 6) is 1.16. The molecule has 0 fully saturated rings. The van der Waals surface area contributed by atoms with E-state index in [9.17, 15) is 0 Å². The van der Waals surface area contributed by atoms with E-state index >= 15 is 0 Å². The van der Waals surface area contributed by atoms with Gasteiger partial charge in [0.05, 0.1) is 7.11 Å². The fourth-order valence-electron chi connectivity index (χ4n) is 1.09. The first-order chi connectivity index (χ1) is 6.40. The number of methoxy groups -OCH3 is 1. The zero-order valence-electron chi connectivity index (χ0n) is 7.23. The Kier molecular flexibility index (Phi) is 2.00. The molecule has 0 N–H and O–H groups in total. The van der Waals surface area contributed by atoms with Gasteiger partial charge in [-0.15, -0.1) is 0 Å². The minimum Gasteiger partial charge on any atom is -0.467 e. The maximum Gasteiger partial charge on any atom is 0.303 e. The van der Waals surface area contributed by atoms with Crippen molar-refractivity contribution in [2.45, 2.75) is 0 Å². The number of fused-ring (bicyclic) bond motifs is 1. The minimum absolute atomic E-state index is 0.404. The summed E-state index contributed by atoms with van der Waals surface area (Å²) in [7, 11) is 1.55. The molecule has 0 unspecified atom stereocenters. The second-order valence-corrected chi connectivity index (χ2v) is 2.57. The molecule has 0 saturated heterocycles. The van der Waals surface area contributed by atoms with Crippen LogP contribution in [0.2, 0.25) is 0 Å². The molecule has 66 valence electrons. The molecule has 13 heavy (non-hydrogen) atoms. The van der Waals surface area contributed by atoms with Crippen molar-refractivity contribution in [3.63, 3.8) is 0 Å². The maximum atomic E-state index is 5.42. The van der Waals surface area contributed by atoms with Gasteiger partial charge in [0.1, 0.15) is 11.9 Å². The molecule has 0 aromatic heterocycles. The van der Waals surface area contributed by atoms with Gasteiger partial charge < -0.3 is 9.47 Å². The predicted molar refractivity (Wildman–Crippen MR) is 49.8 cm³/mol. The Labute approximate surface area is 76.3 Å². The van der Waals surface area contributed by atoms with E-state index in [1.54, 1.807) is 19.5 Å². The first kappa shape index (κ1) is 7.86. The predicted octanol–water partition coefficient (Wildman–Crippen LogP) is 1.94. The van der Waals surface area contributed by atoms with E-state index < -0.39 is 0 Å². The smallest absolute Gasteiger partial charge is 0.303 e. The van der Waals surface area contributed by atoms with Crippen LogP contribution in [-0.4, -0.2) is 13.3 Å². The van der Waals surface area contributed by atoms with Crippen LogP contribution >= 0.6 is 0 Å². The summed E-state index contributed by atoms with van der Waals surface area (Å²) in [5, 5.41) is 0. The molecular weight excluding hydrogens is 166 g/mol. The molecule has 0 radical (unpaired) electrons. The summed E-state index contributed by atoms with van der Waals surface area (Å²) in [5.41, 5.74) is 0.950. The monoisotopic (exact) mass is 175 g/mol. The highest BCUT2D eigenvalue weighted by Crippen LogP contribution is 2.20. The summed E-state index contributed by atoms with van der Waals surface area (Å²) in [6.45, 7) is 0. The van der Waals surface area contributed by atoms with E-state index in [1.165, 1.54) is 0 Å². The lowest BCUT2D eigenvalue weighted by atomic mass is 10.2. The van der Waals surface area contributed by atoms with E-state index in [2.05, 4.69) is 4.99 Å². The van der Waals surface area contributed by atoms with Gasteiger partial charge in [0, 0.05) is 11.8 Å². The van der Waals surface area contributed by atoms with Gasteiger partial charge in [0.25, 0.3) is 0 Å². The normalized spacial score (nSPS) is 13.8. The summed E-state index contributed by atoms with van der Waals surface area (Å²) < 4.78 is 10.4. The lowest BCUT2D eigenvalue weighted by Gasteiger charge is -2.06. The van der Waals surface area contributed by atoms with Crippen LogP contribution in [0.1, 0.15) is 5.56 Å². The molecule has 1 aromatic rings. The quantitative estimate of drug-likeness (QED) is 0.653. The van der Waals surface area contributed by atoms with Crippen molar-refractivity contribution in [2.75, 3.05) is 7.11 Å². The van der Waals surface area contributed by atoms with Crippen LogP contribution < -0.4 is 4.74 Å². The van der Waals surface area contributed by atoms with Crippen molar-refractivity contribution >= 4 is 6.21 Å². The number of nitrogens with zero attached hydrogens (tertiary/aromatic N) is 1. The topological polar surface area (TPSA) is 30.8 Å². The highest BCUT2D eigenvalue weighted by molar-refractivity contribution is 5.84. The second-order valence-electron chi connectivity index (χ2n) is 2.57. The maximum absolute atomic E-state index is 5.42. The Morgan fingerprint density at radius 1 is 1.31 bits per heavy atom. The Bertz CT molecular complexity index is 369. The zero-order chi connectivity index (χ0) is 9.10. The molecule has 3 heteroatoms. The van der Waals surface area contributed by atoms with Gasteiger partial charge in [0.2, 0.25) is 0 Å². The molecule has 0 atom stereocenters. The van der Waals surface area contributed by atoms with Crippen LogP contribution in [0.5, 0.6) is 5.75 Å². The first-order valence-corrected chi connectivity index (χ1v) is 3.94. The van der Waals surface area contributed by atoms with E-state index in [-0.39, 0.29) is 0 Å². The van der Waals surface area contributed by atoms with E-state index in [0.29, 0.717) is 5.95 Å². The lowest BCUT2D eigenvalue weighted by molar-refractivity contribution is 0.151. The van der Waals surface area contributed by atoms with E-state index in [4.69, 9.17) is 9.47 Å². The molecule has 0 saturated carbocycles. The molecule has 1 aliphatic heterocycles. The highest BCUT2D eigenvalue weighted by Gasteiger charge is 2.06. The third-order valence-electron chi connectivity index (χ3n) is 1.72. The molecule has 1 aliphatic rings. The molecule has 2 rings (SSSR count). The van der Waals surface area contributed by atoms with Crippen LogP contribution in [-0.2, 0) is 4.74 Å². The third-order valence-corrected chi connectivity index (χ3v) is 1.72. The van der Waals surface area contributed by atoms with E-state index in [1.807, 2.05) is 24.3 Å². The molecule has 0 bridgehead atoms. The third kappa shape index (κ3) is 1.54. The van der Waals surface area contributed by atoms with Crippen molar-refractivity contribution in [3.05, 3.63) is 42.0 Å². The fourth-order valence-corrected chi connectivity index (χ4v) is 1.09. The number of benzene rings is 1. The number of hydrogen-bond acceptors (Lipinski definition) is 3. The van der Waals surface area contributed by atoms with Gasteiger partial charge in [-0.3, -0.25) is 4.99 Å². The van der Waals surface area contributed by atoms with Gasteiger partial charge in [-0.25, -0.2) is 0 Å². The Morgan fingerprint density at radius 2 is 2.15 bits per heavy atom. The van der Waals surface area contributed by atoms with Gasteiger partial charge >= 0.3 is 5.95 Å². The summed E-state index contributed by atoms with van der Waals surface area (Å²) in [4.78, 5) is 4.03. The van der Waals surface area contributed by atoms with Gasteiger partial charge in [-0.2, -0.15) is 0 Å². The fraction of sp³-hybridized carbons (Fsp3) is 0.100. The van der Waals surface area contributed by atoms with Crippen LogP contribution in [0.15, 0.2) is 41.4 Å². The number of para-hydroxylation sites is 1. The minimum atomic E-state index is 0.404. The van der Waals surface area contributed by atoms with Gasteiger partial charge in [0.15, 0.2) is 0 Å². The van der Waals surface area contributed by atoms with Crippen molar-refractivity contribution in [1.29, 1.82) is 0 Å². The van der Waals surface area contributed by atoms with Crippen molar-refractivity contribution < 1.29 is 9.47 Å². The van der Waals surface area contributed by atoms with Crippen LogP contribution in [0.4, 0.5) is 0 Å². The molecule has 1 aromatic carbocycles. The van der Waals surface area contributed by atoms with Crippen LogP contribution in [0.25, 0.3) is 0 Å². The van der Waals surface area contributed by atoms with Crippen molar-refractivity contribution in [1.82, 2.24) is 0 Å². The lowest BCUT2D eigenvalue weighted by Crippen LogP contribution is -1.97. The average molecular weight is 175 g/mol. The number of hydrogen-bond donors (Lipinski definition) is 0. The number of ether oxygens (including phenoxy) is 2. The molecule has 0 amide bonds. The van der Waals surface area contributed by atoms with E-state index in [0.717, 1.165) is 11.3 Å². The zero-order valence-corrected chi connectivity index (χ0v) is 7.23. The molecule has 3 nitrogen and oxygen atoms in total.